The third kappa shape index (κ3) is 6.66. The van der Waals surface area contributed by atoms with Crippen LogP contribution in [0.15, 0.2) is 63.5 Å². The number of thiophene rings is 1. The maximum absolute atomic E-state index is 5.54. The average Bonchev–Trinajstić information content (AvgIpc) is 3.35. The minimum absolute atomic E-state index is 0. The van der Waals surface area contributed by atoms with E-state index >= 15 is 0 Å². The Morgan fingerprint density at radius 2 is 2.04 bits per heavy atom. The van der Waals surface area contributed by atoms with Crippen LogP contribution in [0.1, 0.15) is 24.6 Å². The molecule has 0 radical (unpaired) electrons. The second-order valence-electron chi connectivity index (χ2n) is 6.12. The molecule has 0 aliphatic heterocycles. The molecule has 0 saturated heterocycles. The van der Waals surface area contributed by atoms with Gasteiger partial charge >= 0.3 is 0 Å². The zero-order valence-electron chi connectivity index (χ0n) is 15.5. The fourth-order valence-electron chi connectivity index (χ4n) is 2.60. The number of aryl methyl sites for hydroxylation is 1. The second-order valence-corrected chi connectivity index (χ2v) is 7.06. The molecule has 5 nitrogen and oxygen atoms in total. The van der Waals surface area contributed by atoms with Crippen LogP contribution in [-0.4, -0.2) is 24.0 Å². The predicted molar refractivity (Wildman–Crippen MR) is 123 cm³/mol. The Labute approximate surface area is 181 Å². The highest BCUT2D eigenvalue weighted by Crippen LogP contribution is 2.23. The molecule has 144 valence electrons. The van der Waals surface area contributed by atoms with Crippen LogP contribution in [0.3, 0.4) is 0 Å². The zero-order valence-corrected chi connectivity index (χ0v) is 18.7. The summed E-state index contributed by atoms with van der Waals surface area (Å²) in [5, 5.41) is 8.73. The summed E-state index contributed by atoms with van der Waals surface area (Å²) in [6.07, 6.45) is 3.77. The largest absolute Gasteiger partial charge is 0.443 e. The lowest BCUT2D eigenvalue weighted by molar-refractivity contribution is 0.572. The minimum Gasteiger partial charge on any atom is -0.443 e. The van der Waals surface area contributed by atoms with Gasteiger partial charge in [-0.2, -0.15) is 0 Å². The van der Waals surface area contributed by atoms with Crippen molar-refractivity contribution in [2.45, 2.75) is 32.4 Å². The Morgan fingerprint density at radius 1 is 1.22 bits per heavy atom. The normalized spacial score (nSPS) is 12.3. The highest BCUT2D eigenvalue weighted by atomic mass is 127. The van der Waals surface area contributed by atoms with E-state index in [-0.39, 0.29) is 24.0 Å². The van der Waals surface area contributed by atoms with Crippen LogP contribution in [-0.2, 0) is 13.0 Å². The van der Waals surface area contributed by atoms with Gasteiger partial charge in [0, 0.05) is 13.1 Å². The van der Waals surface area contributed by atoms with E-state index in [9.17, 15) is 0 Å². The van der Waals surface area contributed by atoms with E-state index in [0.717, 1.165) is 29.4 Å². The molecule has 0 aliphatic carbocycles. The summed E-state index contributed by atoms with van der Waals surface area (Å²) in [4.78, 5) is 9.84. The van der Waals surface area contributed by atoms with Crippen molar-refractivity contribution in [3.8, 4) is 10.8 Å². The van der Waals surface area contributed by atoms with Crippen molar-refractivity contribution in [3.63, 3.8) is 0 Å². The standard InChI is InChI=1S/C20H24N4OS.HI/c1-15(10-11-16-7-4-3-5-8-16)23-20(21-2)22-13-17-14-25-19(24-17)18-9-6-12-26-18;/h3-9,12,14-15H,10-11,13H2,1-2H3,(H2,21,22,23);1H. The lowest BCUT2D eigenvalue weighted by Crippen LogP contribution is -2.42. The van der Waals surface area contributed by atoms with Gasteiger partial charge in [-0.25, -0.2) is 4.98 Å². The van der Waals surface area contributed by atoms with E-state index in [4.69, 9.17) is 4.42 Å². The third-order valence-electron chi connectivity index (χ3n) is 4.04. The molecule has 0 saturated carbocycles. The number of guanidine groups is 1. The van der Waals surface area contributed by atoms with Gasteiger partial charge in [0.15, 0.2) is 5.96 Å². The number of benzene rings is 1. The smallest absolute Gasteiger partial charge is 0.236 e. The van der Waals surface area contributed by atoms with E-state index in [1.165, 1.54) is 5.56 Å². The van der Waals surface area contributed by atoms with Crippen molar-refractivity contribution in [1.82, 2.24) is 15.6 Å². The Kier molecular flexibility index (Phi) is 8.80. The van der Waals surface area contributed by atoms with Gasteiger partial charge in [-0.05, 0) is 36.8 Å². The van der Waals surface area contributed by atoms with Crippen molar-refractivity contribution in [2.24, 2.45) is 4.99 Å². The summed E-state index contributed by atoms with van der Waals surface area (Å²) in [7, 11) is 1.78. The fourth-order valence-corrected chi connectivity index (χ4v) is 3.26. The zero-order chi connectivity index (χ0) is 18.2. The fraction of sp³-hybridized carbons (Fsp3) is 0.300. The highest BCUT2D eigenvalue weighted by molar-refractivity contribution is 14.0. The Hall–Kier alpha value is -1.87. The monoisotopic (exact) mass is 496 g/mol. The molecule has 1 aromatic carbocycles. The van der Waals surface area contributed by atoms with Gasteiger partial charge in [-0.15, -0.1) is 35.3 Å². The van der Waals surface area contributed by atoms with Crippen molar-refractivity contribution < 1.29 is 4.42 Å². The van der Waals surface area contributed by atoms with Gasteiger partial charge in [0.25, 0.3) is 0 Å². The van der Waals surface area contributed by atoms with E-state index in [1.54, 1.807) is 24.6 Å². The first-order valence-electron chi connectivity index (χ1n) is 8.74. The number of nitrogens with zero attached hydrogens (tertiary/aromatic N) is 2. The number of aromatic nitrogens is 1. The summed E-state index contributed by atoms with van der Waals surface area (Å²) in [6.45, 7) is 2.74. The molecule has 2 aromatic heterocycles. The van der Waals surface area contributed by atoms with Crippen LogP contribution < -0.4 is 10.6 Å². The number of nitrogens with one attached hydrogen (secondary N) is 2. The minimum atomic E-state index is 0. The highest BCUT2D eigenvalue weighted by Gasteiger charge is 2.09. The Balaban J connectivity index is 0.00000261. The molecule has 2 heterocycles. The number of halogens is 1. The molecule has 3 aromatic rings. The van der Waals surface area contributed by atoms with Gasteiger partial charge in [0.1, 0.15) is 6.26 Å². The molecule has 3 rings (SSSR count). The SMILES string of the molecule is CN=C(NCc1coc(-c2cccs2)n1)NC(C)CCc1ccccc1.I. The first-order chi connectivity index (χ1) is 12.7. The van der Waals surface area contributed by atoms with Crippen LogP contribution in [0, 0.1) is 0 Å². The molecule has 0 fully saturated rings. The second kappa shape index (κ2) is 11.1. The van der Waals surface area contributed by atoms with Gasteiger partial charge in [0.05, 0.1) is 17.1 Å². The molecule has 0 bridgehead atoms. The molecule has 27 heavy (non-hydrogen) atoms. The van der Waals surface area contributed by atoms with Crippen LogP contribution in [0.2, 0.25) is 0 Å². The molecule has 0 spiro atoms. The van der Waals surface area contributed by atoms with E-state index < -0.39 is 0 Å². The quantitative estimate of drug-likeness (QED) is 0.283. The Bertz CT molecular complexity index is 818. The first kappa shape index (κ1) is 21.4. The topological polar surface area (TPSA) is 62.5 Å². The summed E-state index contributed by atoms with van der Waals surface area (Å²) in [5.74, 6) is 1.43. The number of hydrogen-bond donors (Lipinski definition) is 2. The first-order valence-corrected chi connectivity index (χ1v) is 9.62. The average molecular weight is 496 g/mol. The van der Waals surface area contributed by atoms with Crippen molar-refractivity contribution in [2.75, 3.05) is 7.05 Å². The molecule has 1 unspecified atom stereocenters. The van der Waals surface area contributed by atoms with Crippen LogP contribution >= 0.6 is 35.3 Å². The summed E-state index contributed by atoms with van der Waals surface area (Å²) < 4.78 is 5.54. The summed E-state index contributed by atoms with van der Waals surface area (Å²) in [5.41, 5.74) is 2.21. The predicted octanol–water partition coefficient (Wildman–Crippen LogP) is 4.71. The van der Waals surface area contributed by atoms with Gasteiger partial charge in [-0.3, -0.25) is 4.99 Å². The molecule has 0 aliphatic rings. The maximum atomic E-state index is 5.54. The van der Waals surface area contributed by atoms with Crippen molar-refractivity contribution in [1.29, 1.82) is 0 Å². The van der Waals surface area contributed by atoms with E-state index in [0.29, 0.717) is 18.5 Å². The number of rotatable bonds is 7. The maximum Gasteiger partial charge on any atom is 0.236 e. The van der Waals surface area contributed by atoms with Gasteiger partial charge in [0.2, 0.25) is 5.89 Å². The number of aliphatic imine (C=N–C) groups is 1. The van der Waals surface area contributed by atoms with Crippen LogP contribution in [0.4, 0.5) is 0 Å². The van der Waals surface area contributed by atoms with Gasteiger partial charge in [-0.1, -0.05) is 36.4 Å². The molecular weight excluding hydrogens is 471 g/mol. The van der Waals surface area contributed by atoms with Crippen molar-refractivity contribution >= 4 is 41.3 Å². The Morgan fingerprint density at radius 3 is 2.74 bits per heavy atom. The number of oxazole rings is 1. The van der Waals surface area contributed by atoms with E-state index in [2.05, 4.69) is 51.8 Å². The molecule has 0 amide bonds. The molecule has 7 heteroatoms. The number of hydrogen-bond acceptors (Lipinski definition) is 4. The van der Waals surface area contributed by atoms with E-state index in [1.807, 2.05) is 23.6 Å². The molecule has 1 atom stereocenters. The third-order valence-corrected chi connectivity index (χ3v) is 4.89. The lowest BCUT2D eigenvalue weighted by atomic mass is 10.1. The lowest BCUT2D eigenvalue weighted by Gasteiger charge is -2.17. The van der Waals surface area contributed by atoms with Crippen LogP contribution in [0.25, 0.3) is 10.8 Å². The summed E-state index contributed by atoms with van der Waals surface area (Å²) in [6, 6.07) is 14.8. The van der Waals surface area contributed by atoms with Gasteiger partial charge < -0.3 is 15.1 Å². The summed E-state index contributed by atoms with van der Waals surface area (Å²) >= 11 is 1.62. The van der Waals surface area contributed by atoms with Crippen LogP contribution in [0.5, 0.6) is 0 Å². The van der Waals surface area contributed by atoms with Crippen molar-refractivity contribution in [3.05, 3.63) is 65.4 Å². The molecule has 2 N–H and O–H groups in total. The molecular formula is C20H25IN4OS.